The maximum Gasteiger partial charge on any atom is 0.151 e. The third kappa shape index (κ3) is 3.53. The molecule has 1 aromatic heterocycles. The molecule has 0 radical (unpaired) electrons. The Morgan fingerprint density at radius 2 is 2.00 bits per heavy atom. The van der Waals surface area contributed by atoms with Crippen molar-refractivity contribution in [2.24, 2.45) is 0 Å². The first-order chi connectivity index (χ1) is 7.77. The van der Waals surface area contributed by atoms with E-state index in [1.807, 2.05) is 13.8 Å². The number of aryl methyl sites for hydroxylation is 2. The second-order valence-electron chi connectivity index (χ2n) is 4.47. The summed E-state index contributed by atoms with van der Waals surface area (Å²) in [5, 5.41) is 2.89. The Bertz CT molecular complexity index is 477. The van der Waals surface area contributed by atoms with Crippen molar-refractivity contribution in [3.8, 4) is 0 Å². The van der Waals surface area contributed by atoms with Crippen LogP contribution in [0.15, 0.2) is 6.07 Å². The molecule has 0 aromatic carbocycles. The van der Waals surface area contributed by atoms with Crippen LogP contribution in [0.4, 0.5) is 0 Å². The first-order valence-electron chi connectivity index (χ1n) is 5.76. The lowest BCUT2D eigenvalue weighted by molar-refractivity contribution is 0.517. The van der Waals surface area contributed by atoms with Crippen LogP contribution in [-0.4, -0.2) is 26.5 Å². The molecule has 98 valence electrons. The number of hydrogen-bond donors (Lipinski definition) is 1. The van der Waals surface area contributed by atoms with Gasteiger partial charge in [-0.2, -0.15) is 0 Å². The predicted octanol–water partition coefficient (Wildman–Crippen LogP) is 2.45. The minimum absolute atomic E-state index is 0.103. The lowest BCUT2D eigenvalue weighted by Gasteiger charge is -2.23. The van der Waals surface area contributed by atoms with Crippen LogP contribution in [-0.2, 0) is 9.84 Å². The van der Waals surface area contributed by atoms with Crippen molar-refractivity contribution in [2.45, 2.75) is 39.0 Å². The molecule has 1 rings (SSSR count). The van der Waals surface area contributed by atoms with Gasteiger partial charge in [0.1, 0.15) is 0 Å². The van der Waals surface area contributed by atoms with E-state index >= 15 is 0 Å². The summed E-state index contributed by atoms with van der Waals surface area (Å²) in [4.78, 5) is 2.36. The smallest absolute Gasteiger partial charge is 0.151 e. The van der Waals surface area contributed by atoms with Gasteiger partial charge in [-0.25, -0.2) is 8.42 Å². The van der Waals surface area contributed by atoms with Gasteiger partial charge in [-0.3, -0.25) is 0 Å². The van der Waals surface area contributed by atoms with Crippen LogP contribution in [0.1, 0.15) is 35.2 Å². The molecular weight excluding hydrogens is 254 g/mol. The number of hydrogen-bond acceptors (Lipinski definition) is 4. The number of nitrogens with one attached hydrogen (secondary N) is 1. The van der Waals surface area contributed by atoms with Gasteiger partial charge in [0.15, 0.2) is 9.84 Å². The number of sulfone groups is 1. The van der Waals surface area contributed by atoms with Gasteiger partial charge in [0.25, 0.3) is 0 Å². The zero-order valence-electron chi connectivity index (χ0n) is 11.1. The van der Waals surface area contributed by atoms with Gasteiger partial charge in [0.05, 0.1) is 11.3 Å². The van der Waals surface area contributed by atoms with E-state index in [0.717, 1.165) is 11.4 Å². The Kier molecular flexibility index (Phi) is 4.75. The normalized spacial score (nSPS) is 15.8. The highest BCUT2D eigenvalue weighted by atomic mass is 32.2. The molecular formula is C12H21NO2S2. The predicted molar refractivity (Wildman–Crippen MR) is 74.5 cm³/mol. The summed E-state index contributed by atoms with van der Waals surface area (Å²) in [6, 6.07) is 2.01. The molecule has 3 nitrogen and oxygen atoms in total. The summed E-state index contributed by atoms with van der Waals surface area (Å²) in [6.07, 6.45) is 1.30. The topological polar surface area (TPSA) is 46.2 Å². The van der Waals surface area contributed by atoms with Crippen molar-refractivity contribution >= 4 is 21.2 Å². The van der Waals surface area contributed by atoms with Crippen molar-refractivity contribution in [2.75, 3.05) is 12.8 Å². The molecule has 0 saturated carbocycles. The average molecular weight is 275 g/mol. The molecule has 0 amide bonds. The van der Waals surface area contributed by atoms with Gasteiger partial charge >= 0.3 is 0 Å². The number of thiophene rings is 1. The molecule has 0 aliphatic heterocycles. The lowest BCUT2D eigenvalue weighted by atomic mass is 10.1. The molecule has 5 heteroatoms. The van der Waals surface area contributed by atoms with E-state index in [1.54, 1.807) is 18.3 Å². The van der Waals surface area contributed by atoms with Gasteiger partial charge in [0, 0.05) is 16.0 Å². The van der Waals surface area contributed by atoms with E-state index < -0.39 is 15.1 Å². The van der Waals surface area contributed by atoms with Crippen LogP contribution in [0.2, 0.25) is 0 Å². The van der Waals surface area contributed by atoms with E-state index in [2.05, 4.69) is 18.3 Å². The highest BCUT2D eigenvalue weighted by Crippen LogP contribution is 2.31. The molecule has 1 heterocycles. The van der Waals surface area contributed by atoms with Crippen molar-refractivity contribution in [1.29, 1.82) is 0 Å². The maximum absolute atomic E-state index is 11.7. The van der Waals surface area contributed by atoms with E-state index in [1.165, 1.54) is 16.7 Å². The third-order valence-corrected chi connectivity index (χ3v) is 5.79. The molecule has 1 aromatic rings. The summed E-state index contributed by atoms with van der Waals surface area (Å²) in [6.45, 7) is 8.63. The Morgan fingerprint density at radius 3 is 2.35 bits per heavy atom. The van der Waals surface area contributed by atoms with Crippen molar-refractivity contribution in [3.63, 3.8) is 0 Å². The molecule has 0 fully saturated rings. The SMILES string of the molecule is CCNC(c1sc(C)cc1C)C(C)S(C)(=O)=O. The average Bonchev–Trinajstić information content (AvgIpc) is 2.52. The van der Waals surface area contributed by atoms with E-state index in [9.17, 15) is 8.42 Å². The number of rotatable bonds is 5. The molecule has 2 unspecified atom stereocenters. The van der Waals surface area contributed by atoms with Gasteiger partial charge in [-0.05, 0) is 38.9 Å². The Balaban J connectivity index is 3.14. The fraction of sp³-hybridized carbons (Fsp3) is 0.667. The summed E-state index contributed by atoms with van der Waals surface area (Å²) in [7, 11) is -3.04. The van der Waals surface area contributed by atoms with Crippen LogP contribution >= 0.6 is 11.3 Å². The quantitative estimate of drug-likeness (QED) is 0.898. The van der Waals surface area contributed by atoms with Gasteiger partial charge in [-0.1, -0.05) is 6.92 Å². The maximum atomic E-state index is 11.7. The molecule has 0 saturated heterocycles. The second kappa shape index (κ2) is 5.50. The zero-order chi connectivity index (χ0) is 13.2. The van der Waals surface area contributed by atoms with Crippen LogP contribution < -0.4 is 5.32 Å². The fourth-order valence-corrected chi connectivity index (χ4v) is 3.94. The molecule has 2 atom stereocenters. The Morgan fingerprint density at radius 1 is 1.41 bits per heavy atom. The van der Waals surface area contributed by atoms with Crippen LogP contribution in [0.5, 0.6) is 0 Å². The van der Waals surface area contributed by atoms with Crippen molar-refractivity contribution < 1.29 is 8.42 Å². The van der Waals surface area contributed by atoms with Crippen LogP contribution in [0.25, 0.3) is 0 Å². The van der Waals surface area contributed by atoms with E-state index in [4.69, 9.17) is 0 Å². The van der Waals surface area contributed by atoms with E-state index in [0.29, 0.717) is 0 Å². The first-order valence-corrected chi connectivity index (χ1v) is 8.53. The highest BCUT2D eigenvalue weighted by Gasteiger charge is 2.28. The Labute approximate surface area is 108 Å². The van der Waals surface area contributed by atoms with Crippen LogP contribution in [0.3, 0.4) is 0 Å². The molecule has 0 aliphatic rings. The molecule has 0 spiro atoms. The lowest BCUT2D eigenvalue weighted by Crippen LogP contribution is -2.34. The van der Waals surface area contributed by atoms with Gasteiger partial charge in [-0.15, -0.1) is 11.3 Å². The largest absolute Gasteiger partial charge is 0.308 e. The summed E-state index contributed by atoms with van der Waals surface area (Å²) in [5.41, 5.74) is 1.17. The van der Waals surface area contributed by atoms with Crippen molar-refractivity contribution in [3.05, 3.63) is 21.4 Å². The fourth-order valence-electron chi connectivity index (χ4n) is 1.91. The minimum atomic E-state index is -3.04. The monoisotopic (exact) mass is 275 g/mol. The molecule has 0 aliphatic carbocycles. The highest BCUT2D eigenvalue weighted by molar-refractivity contribution is 7.91. The van der Waals surface area contributed by atoms with Gasteiger partial charge < -0.3 is 5.32 Å². The van der Waals surface area contributed by atoms with Crippen LogP contribution in [0, 0.1) is 13.8 Å². The second-order valence-corrected chi connectivity index (χ2v) is 8.16. The summed E-state index contributed by atoms with van der Waals surface area (Å²) < 4.78 is 23.4. The summed E-state index contributed by atoms with van der Waals surface area (Å²) in [5.74, 6) is 0. The standard InChI is InChI=1S/C12H21NO2S2/c1-6-13-11(10(4)17(5,14)15)12-8(2)7-9(3)16-12/h7,10-11,13H,6H2,1-5H3. The van der Waals surface area contributed by atoms with Crippen molar-refractivity contribution in [1.82, 2.24) is 5.32 Å². The van der Waals surface area contributed by atoms with E-state index in [-0.39, 0.29) is 6.04 Å². The minimum Gasteiger partial charge on any atom is -0.308 e. The third-order valence-electron chi connectivity index (χ3n) is 2.93. The molecule has 17 heavy (non-hydrogen) atoms. The first kappa shape index (κ1) is 14.7. The van der Waals surface area contributed by atoms with Gasteiger partial charge in [0.2, 0.25) is 0 Å². The zero-order valence-corrected chi connectivity index (χ0v) is 12.7. The molecule has 1 N–H and O–H groups in total. The summed E-state index contributed by atoms with van der Waals surface area (Å²) >= 11 is 1.68. The Hall–Kier alpha value is -0.390. The molecule has 0 bridgehead atoms.